The summed E-state index contributed by atoms with van der Waals surface area (Å²) < 4.78 is 1.80. The number of ketones is 2. The fourth-order valence-corrected chi connectivity index (χ4v) is 6.71. The Bertz CT molecular complexity index is 1480. The number of carbonyl (C=O) groups is 2. The molecule has 168 valence electrons. The van der Waals surface area contributed by atoms with Gasteiger partial charge in [-0.1, -0.05) is 104 Å². The van der Waals surface area contributed by atoms with Gasteiger partial charge in [-0.05, 0) is 47.5 Å². The highest BCUT2D eigenvalue weighted by Gasteiger charge is 2.36. The molecule has 0 atom stereocenters. The number of allylic oxidation sites excluding steroid dienone is 2. The van der Waals surface area contributed by atoms with Crippen molar-refractivity contribution >= 4 is 76.1 Å². The number of hydrogen-bond acceptors (Lipinski definition) is 3. The lowest BCUT2D eigenvalue weighted by Gasteiger charge is -2.12. The maximum absolute atomic E-state index is 13.6. The van der Waals surface area contributed by atoms with Gasteiger partial charge in [-0.15, -0.1) is 0 Å². The molecule has 0 bridgehead atoms. The van der Waals surface area contributed by atoms with Gasteiger partial charge >= 0.3 is 0 Å². The highest BCUT2D eigenvalue weighted by atomic mass is 79.9. The van der Waals surface area contributed by atoms with Gasteiger partial charge in [0, 0.05) is 52.2 Å². The number of halogens is 2. The molecule has 0 N–H and O–H groups in total. The zero-order chi connectivity index (χ0) is 24.1. The largest absolute Gasteiger partial charge is 0.289 e. The fraction of sp³-hybridized carbons (Fsp3) is 0. The number of hydrogen-bond donors (Lipinski definition) is 0. The molecule has 2 nitrogen and oxygen atoms in total. The molecule has 0 saturated heterocycles. The lowest BCUT2D eigenvalue weighted by Crippen LogP contribution is -1.98. The van der Waals surface area contributed by atoms with Gasteiger partial charge < -0.3 is 0 Å². The Morgan fingerprint density at radius 2 is 0.886 bits per heavy atom. The van der Waals surface area contributed by atoms with E-state index in [1.54, 1.807) is 0 Å². The first kappa shape index (κ1) is 22.5. The Kier molecular flexibility index (Phi) is 5.72. The second-order valence-corrected chi connectivity index (χ2v) is 11.1. The number of Topliss-reactive ketones (excluding diaryl/α,β-unsaturated/α-hetero) is 2. The van der Waals surface area contributed by atoms with Crippen LogP contribution in [0.5, 0.6) is 0 Å². The van der Waals surface area contributed by atoms with E-state index in [1.807, 2.05) is 97.1 Å². The second kappa shape index (κ2) is 8.90. The Morgan fingerprint density at radius 1 is 0.486 bits per heavy atom. The third-order valence-electron chi connectivity index (χ3n) is 6.18. The van der Waals surface area contributed by atoms with Crippen molar-refractivity contribution in [1.82, 2.24) is 0 Å². The minimum Gasteiger partial charge on any atom is -0.289 e. The average Bonchev–Trinajstić information content (AvgIpc) is 3.30. The first-order valence-corrected chi connectivity index (χ1v) is 13.4. The van der Waals surface area contributed by atoms with Crippen LogP contribution in [-0.2, 0) is 0 Å². The maximum Gasteiger partial charge on any atom is 0.195 e. The Labute approximate surface area is 224 Å². The van der Waals surface area contributed by atoms with Gasteiger partial charge in [-0.3, -0.25) is 9.59 Å². The fourth-order valence-electron chi connectivity index (χ4n) is 4.60. The van der Waals surface area contributed by atoms with Crippen LogP contribution >= 0.6 is 43.6 Å². The number of fused-ring (bicyclic) bond motifs is 2. The predicted molar refractivity (Wildman–Crippen MR) is 151 cm³/mol. The second-order valence-electron chi connectivity index (χ2n) is 8.28. The van der Waals surface area contributed by atoms with Crippen molar-refractivity contribution in [3.8, 4) is 0 Å². The summed E-state index contributed by atoms with van der Waals surface area (Å²) in [5.74, 6) is 0.00343. The van der Waals surface area contributed by atoms with E-state index in [4.69, 9.17) is 0 Å². The lowest BCUT2D eigenvalue weighted by atomic mass is 10.0. The van der Waals surface area contributed by atoms with Crippen LogP contribution in [0.25, 0.3) is 21.0 Å². The topological polar surface area (TPSA) is 34.1 Å². The van der Waals surface area contributed by atoms with Crippen LogP contribution in [0.4, 0.5) is 0 Å². The molecule has 0 aromatic heterocycles. The zero-order valence-electron chi connectivity index (χ0n) is 18.2. The van der Waals surface area contributed by atoms with Crippen LogP contribution in [0, 0.1) is 0 Å². The molecule has 5 heteroatoms. The van der Waals surface area contributed by atoms with E-state index < -0.39 is 0 Å². The molecule has 0 fully saturated rings. The zero-order valence-corrected chi connectivity index (χ0v) is 22.2. The standard InChI is InChI=1S/C30H16Br2O2S/c31-19-11-13-21-23(15-19)29(25(27(21)33)17-7-3-1-4-8-17)35-30-24-16-20(32)12-14-22(24)28(34)26(30)18-9-5-2-6-10-18/h1-16H. The molecule has 0 unspecified atom stereocenters. The molecule has 4 aromatic rings. The highest BCUT2D eigenvalue weighted by Crippen LogP contribution is 2.54. The third-order valence-corrected chi connectivity index (χ3v) is 8.42. The van der Waals surface area contributed by atoms with Gasteiger partial charge in [0.15, 0.2) is 11.6 Å². The molecule has 35 heavy (non-hydrogen) atoms. The van der Waals surface area contributed by atoms with Crippen molar-refractivity contribution in [3.05, 3.63) is 139 Å². The molecule has 6 rings (SSSR count). The molecular weight excluding hydrogens is 584 g/mol. The summed E-state index contributed by atoms with van der Waals surface area (Å²) in [5, 5.41) is 0. The minimum atomic E-state index is 0.00171. The van der Waals surface area contributed by atoms with Crippen LogP contribution in [0.1, 0.15) is 43.0 Å². The quantitative estimate of drug-likeness (QED) is 0.235. The van der Waals surface area contributed by atoms with Crippen LogP contribution in [-0.4, -0.2) is 11.6 Å². The van der Waals surface area contributed by atoms with Crippen molar-refractivity contribution < 1.29 is 9.59 Å². The summed E-state index contributed by atoms with van der Waals surface area (Å²) in [6.45, 7) is 0. The van der Waals surface area contributed by atoms with Gasteiger partial charge in [0.25, 0.3) is 0 Å². The number of carbonyl (C=O) groups excluding carboxylic acids is 2. The third kappa shape index (κ3) is 3.79. The Hall–Kier alpha value is -2.99. The molecule has 0 amide bonds. The average molecular weight is 600 g/mol. The molecule has 2 aliphatic rings. The van der Waals surface area contributed by atoms with E-state index in [0.717, 1.165) is 41.0 Å². The van der Waals surface area contributed by atoms with Crippen LogP contribution in [0.15, 0.2) is 106 Å². The Balaban J connectivity index is 1.63. The van der Waals surface area contributed by atoms with Gasteiger partial charge in [0.05, 0.1) is 0 Å². The van der Waals surface area contributed by atoms with Crippen LogP contribution in [0.3, 0.4) is 0 Å². The summed E-state index contributed by atoms with van der Waals surface area (Å²) >= 11 is 8.67. The normalized spacial score (nSPS) is 14.6. The van der Waals surface area contributed by atoms with E-state index in [0.29, 0.717) is 22.3 Å². The molecule has 0 radical (unpaired) electrons. The molecule has 0 spiro atoms. The summed E-state index contributed by atoms with van der Waals surface area (Å²) in [5.41, 5.74) is 6.18. The maximum atomic E-state index is 13.6. The van der Waals surface area contributed by atoms with Crippen molar-refractivity contribution in [2.24, 2.45) is 0 Å². The van der Waals surface area contributed by atoms with Crippen molar-refractivity contribution in [3.63, 3.8) is 0 Å². The highest BCUT2D eigenvalue weighted by molar-refractivity contribution is 9.10. The van der Waals surface area contributed by atoms with E-state index in [1.165, 1.54) is 11.8 Å². The van der Waals surface area contributed by atoms with E-state index in [-0.39, 0.29) is 11.6 Å². The minimum absolute atomic E-state index is 0.00171. The SMILES string of the molecule is O=C1C(c2ccccc2)=C(SC2=C(c3ccccc3)C(=O)c3ccc(Br)cc32)c2cc(Br)ccc21. The summed E-state index contributed by atoms with van der Waals surface area (Å²) in [6, 6.07) is 31.0. The number of rotatable bonds is 4. The Morgan fingerprint density at radius 3 is 1.29 bits per heavy atom. The molecule has 0 saturated carbocycles. The van der Waals surface area contributed by atoms with E-state index in [9.17, 15) is 9.59 Å². The first-order valence-electron chi connectivity index (χ1n) is 11.0. The van der Waals surface area contributed by atoms with E-state index >= 15 is 0 Å². The summed E-state index contributed by atoms with van der Waals surface area (Å²) in [4.78, 5) is 29.0. The molecule has 2 aliphatic carbocycles. The lowest BCUT2D eigenvalue weighted by molar-refractivity contribution is 0.105. The molecule has 4 aromatic carbocycles. The van der Waals surface area contributed by atoms with Gasteiger partial charge in [0.1, 0.15) is 0 Å². The first-order chi connectivity index (χ1) is 17.0. The monoisotopic (exact) mass is 598 g/mol. The van der Waals surface area contributed by atoms with E-state index in [2.05, 4.69) is 31.9 Å². The van der Waals surface area contributed by atoms with Gasteiger partial charge in [-0.25, -0.2) is 0 Å². The summed E-state index contributed by atoms with van der Waals surface area (Å²) in [7, 11) is 0. The molecular formula is C30H16Br2O2S. The number of benzene rings is 4. The van der Waals surface area contributed by atoms with Gasteiger partial charge in [-0.2, -0.15) is 0 Å². The molecule has 0 heterocycles. The van der Waals surface area contributed by atoms with Crippen LogP contribution in [0.2, 0.25) is 0 Å². The van der Waals surface area contributed by atoms with Crippen LogP contribution < -0.4 is 0 Å². The van der Waals surface area contributed by atoms with Crippen molar-refractivity contribution in [2.75, 3.05) is 0 Å². The smallest absolute Gasteiger partial charge is 0.195 e. The van der Waals surface area contributed by atoms with Crippen molar-refractivity contribution in [2.45, 2.75) is 0 Å². The number of thioether (sulfide) groups is 1. The molecule has 0 aliphatic heterocycles. The predicted octanol–water partition coefficient (Wildman–Crippen LogP) is 8.77. The summed E-state index contributed by atoms with van der Waals surface area (Å²) in [6.07, 6.45) is 0. The van der Waals surface area contributed by atoms with Gasteiger partial charge in [0.2, 0.25) is 0 Å². The van der Waals surface area contributed by atoms with Crippen molar-refractivity contribution in [1.29, 1.82) is 0 Å².